The van der Waals surface area contributed by atoms with E-state index in [1.807, 2.05) is 67.3 Å². The molecule has 47 heavy (non-hydrogen) atoms. The van der Waals surface area contributed by atoms with Crippen molar-refractivity contribution < 1.29 is 9.59 Å². The molecule has 0 spiro atoms. The monoisotopic (exact) mass is 633 g/mol. The number of amides is 2. The molecule has 244 valence electrons. The van der Waals surface area contributed by atoms with Crippen molar-refractivity contribution in [2.24, 2.45) is 21.6 Å². The number of likely N-dealkylation sites (tertiary alicyclic amines) is 1. The van der Waals surface area contributed by atoms with Crippen LogP contribution >= 0.6 is 0 Å². The lowest BCUT2D eigenvalue weighted by Gasteiger charge is -2.29. The standard InChI is InChI=1S/C36H43N9O2/c1-4-45(30-11-12-32(37)31(19-30)34(38)28-6-5-24(2)41-20-28)36(47)29-13-16-43(21-29)22-33(46)44-17-14-26(15-18-44)25-7-9-27(10-8-25)35(39)42-23-40-3/h5-12,14,19-20,23,29,38H,4,13,15-18,21-22,37H2,1-3H3,(H2,39,40,42)/t29-/m1/s1. The van der Waals surface area contributed by atoms with Crippen LogP contribution in [0, 0.1) is 18.3 Å². The van der Waals surface area contributed by atoms with Gasteiger partial charge in [-0.15, -0.1) is 0 Å². The maximum atomic E-state index is 13.7. The van der Waals surface area contributed by atoms with Crippen molar-refractivity contribution in [1.82, 2.24) is 14.8 Å². The number of hydrogen-bond donors (Lipinski definition) is 3. The number of nitrogens with zero attached hydrogens (tertiary/aromatic N) is 6. The maximum absolute atomic E-state index is 13.7. The summed E-state index contributed by atoms with van der Waals surface area (Å²) >= 11 is 0. The van der Waals surface area contributed by atoms with Crippen LogP contribution in [0.15, 0.2) is 76.9 Å². The minimum atomic E-state index is -0.214. The van der Waals surface area contributed by atoms with Crippen LogP contribution in [-0.4, -0.2) is 90.8 Å². The molecule has 3 aromatic rings. The van der Waals surface area contributed by atoms with Crippen LogP contribution in [0.5, 0.6) is 0 Å². The molecule has 2 aliphatic rings. The van der Waals surface area contributed by atoms with E-state index in [9.17, 15) is 9.59 Å². The van der Waals surface area contributed by atoms with Crippen molar-refractivity contribution in [3.05, 3.63) is 94.8 Å². The molecule has 0 bridgehead atoms. The number of hydrogen-bond acceptors (Lipinski definition) is 7. The third kappa shape index (κ3) is 7.81. The first kappa shape index (κ1) is 33.2. The van der Waals surface area contributed by atoms with Gasteiger partial charge >= 0.3 is 0 Å². The van der Waals surface area contributed by atoms with Crippen molar-refractivity contribution in [2.45, 2.75) is 26.7 Å². The van der Waals surface area contributed by atoms with E-state index in [-0.39, 0.29) is 23.4 Å². The highest BCUT2D eigenvalue weighted by atomic mass is 16.2. The molecule has 3 heterocycles. The normalized spacial score (nSPS) is 17.2. The Balaban J connectivity index is 1.16. The molecule has 11 heteroatoms. The summed E-state index contributed by atoms with van der Waals surface area (Å²) in [5.74, 6) is 0.292. The Morgan fingerprint density at radius 1 is 1.11 bits per heavy atom. The van der Waals surface area contributed by atoms with Crippen molar-refractivity contribution in [1.29, 1.82) is 5.41 Å². The van der Waals surface area contributed by atoms with E-state index >= 15 is 0 Å². The summed E-state index contributed by atoms with van der Waals surface area (Å²) in [5.41, 5.74) is 18.9. The number of pyridine rings is 1. The second-order valence-electron chi connectivity index (χ2n) is 11.9. The SMILES string of the molecule is CCN(C(=O)[C@@H]1CCN(CC(=O)N2CC=C(c3ccc(C(N)=NC=NC)cc3)CC2)C1)c1ccc(N)c(C(=N)c2ccc(C)nc2)c1. The molecule has 11 nitrogen and oxygen atoms in total. The van der Waals surface area contributed by atoms with E-state index in [0.717, 1.165) is 23.2 Å². The lowest BCUT2D eigenvalue weighted by atomic mass is 9.98. The van der Waals surface area contributed by atoms with Gasteiger partial charge in [0.1, 0.15) is 12.2 Å². The first-order chi connectivity index (χ1) is 22.7. The van der Waals surface area contributed by atoms with Gasteiger partial charge in [0, 0.05) is 73.2 Å². The molecule has 0 unspecified atom stereocenters. The maximum Gasteiger partial charge on any atom is 0.237 e. The molecule has 0 saturated carbocycles. The first-order valence-electron chi connectivity index (χ1n) is 15.9. The van der Waals surface area contributed by atoms with Crippen LogP contribution in [0.2, 0.25) is 0 Å². The molecular weight excluding hydrogens is 590 g/mol. The summed E-state index contributed by atoms with van der Waals surface area (Å²) in [6.45, 7) is 7.04. The number of aliphatic imine (C=N–C) groups is 2. The Kier molecular flexibility index (Phi) is 10.6. The third-order valence-corrected chi connectivity index (χ3v) is 8.81. The van der Waals surface area contributed by atoms with Crippen LogP contribution in [-0.2, 0) is 9.59 Å². The zero-order valence-electron chi connectivity index (χ0n) is 27.3. The van der Waals surface area contributed by atoms with E-state index < -0.39 is 0 Å². The van der Waals surface area contributed by atoms with Crippen LogP contribution in [0.3, 0.4) is 0 Å². The van der Waals surface area contributed by atoms with E-state index in [2.05, 4.69) is 25.9 Å². The van der Waals surface area contributed by atoms with Gasteiger partial charge in [0.15, 0.2) is 0 Å². The number of aryl methyl sites for hydroxylation is 1. The zero-order chi connectivity index (χ0) is 33.5. The van der Waals surface area contributed by atoms with Gasteiger partial charge in [0.05, 0.1) is 18.2 Å². The lowest BCUT2D eigenvalue weighted by Crippen LogP contribution is -2.42. The highest BCUT2D eigenvalue weighted by Crippen LogP contribution is 2.28. The highest BCUT2D eigenvalue weighted by Gasteiger charge is 2.33. The molecule has 0 radical (unpaired) electrons. The third-order valence-electron chi connectivity index (χ3n) is 8.81. The summed E-state index contributed by atoms with van der Waals surface area (Å²) in [7, 11) is 1.65. The molecule has 2 amide bonds. The zero-order valence-corrected chi connectivity index (χ0v) is 27.3. The second kappa shape index (κ2) is 15.0. The molecule has 5 N–H and O–H groups in total. The van der Waals surface area contributed by atoms with Gasteiger partial charge < -0.3 is 21.3 Å². The van der Waals surface area contributed by atoms with Crippen LogP contribution in [0.4, 0.5) is 11.4 Å². The summed E-state index contributed by atoms with van der Waals surface area (Å²) in [6, 6.07) is 17.1. The van der Waals surface area contributed by atoms with Crippen molar-refractivity contribution >= 4 is 46.6 Å². The second-order valence-corrected chi connectivity index (χ2v) is 11.9. The molecule has 0 aliphatic carbocycles. The van der Waals surface area contributed by atoms with Gasteiger partial charge in [0.2, 0.25) is 11.8 Å². The topological polar surface area (TPSA) is 157 Å². The molecular formula is C36H43N9O2. The molecule has 1 fully saturated rings. The number of nitrogens with one attached hydrogen (secondary N) is 1. The molecule has 2 aliphatic heterocycles. The van der Waals surface area contributed by atoms with Gasteiger partial charge in [-0.25, -0.2) is 4.99 Å². The number of benzene rings is 2. The Morgan fingerprint density at radius 2 is 1.87 bits per heavy atom. The number of nitrogens with two attached hydrogens (primary N) is 2. The van der Waals surface area contributed by atoms with Crippen molar-refractivity contribution in [2.75, 3.05) is 56.9 Å². The van der Waals surface area contributed by atoms with Crippen LogP contribution in [0.1, 0.15) is 47.7 Å². The fourth-order valence-electron chi connectivity index (χ4n) is 6.06. The van der Waals surface area contributed by atoms with E-state index in [0.29, 0.717) is 74.0 Å². The average molecular weight is 634 g/mol. The van der Waals surface area contributed by atoms with Gasteiger partial charge in [-0.3, -0.25) is 29.9 Å². The predicted molar refractivity (Wildman–Crippen MR) is 189 cm³/mol. The minimum Gasteiger partial charge on any atom is -0.398 e. The number of anilines is 2. The first-order valence-corrected chi connectivity index (χ1v) is 15.9. The van der Waals surface area contributed by atoms with E-state index in [1.54, 1.807) is 24.2 Å². The largest absolute Gasteiger partial charge is 0.398 e. The van der Waals surface area contributed by atoms with E-state index in [4.69, 9.17) is 16.9 Å². The smallest absolute Gasteiger partial charge is 0.237 e. The molecule has 1 atom stereocenters. The molecule has 1 saturated heterocycles. The average Bonchev–Trinajstić information content (AvgIpc) is 3.56. The fraction of sp³-hybridized carbons (Fsp3) is 0.333. The van der Waals surface area contributed by atoms with Crippen molar-refractivity contribution in [3.8, 4) is 0 Å². The Bertz CT molecular complexity index is 1710. The Morgan fingerprint density at radius 3 is 2.53 bits per heavy atom. The van der Waals surface area contributed by atoms with Gasteiger partial charge in [-0.05, 0) is 74.7 Å². The number of rotatable bonds is 10. The number of carbonyl (C=O) groups is 2. The predicted octanol–water partition coefficient (Wildman–Crippen LogP) is 3.74. The summed E-state index contributed by atoms with van der Waals surface area (Å²) in [5, 5.41) is 8.74. The minimum absolute atomic E-state index is 0.0183. The van der Waals surface area contributed by atoms with E-state index in [1.165, 1.54) is 11.9 Å². The number of aromatic nitrogens is 1. The molecule has 5 rings (SSSR count). The summed E-state index contributed by atoms with van der Waals surface area (Å²) in [4.78, 5) is 44.9. The number of nitrogen functional groups attached to an aromatic ring is 1. The fourth-order valence-corrected chi connectivity index (χ4v) is 6.06. The summed E-state index contributed by atoms with van der Waals surface area (Å²) in [6.07, 6.45) is 6.66. The number of carbonyl (C=O) groups excluding carboxylic acids is 2. The Labute approximate surface area is 276 Å². The molecule has 1 aromatic heterocycles. The quantitative estimate of drug-likeness (QED) is 0.175. The summed E-state index contributed by atoms with van der Waals surface area (Å²) < 4.78 is 0. The van der Waals surface area contributed by atoms with Crippen LogP contribution in [0.25, 0.3) is 5.57 Å². The van der Waals surface area contributed by atoms with Gasteiger partial charge in [0.25, 0.3) is 0 Å². The van der Waals surface area contributed by atoms with Gasteiger partial charge in [-0.2, -0.15) is 0 Å². The number of amidine groups is 1. The lowest BCUT2D eigenvalue weighted by molar-refractivity contribution is -0.132. The Hall–Kier alpha value is -5.16. The van der Waals surface area contributed by atoms with Gasteiger partial charge in [-0.1, -0.05) is 30.3 Å². The van der Waals surface area contributed by atoms with Crippen molar-refractivity contribution in [3.63, 3.8) is 0 Å². The highest BCUT2D eigenvalue weighted by molar-refractivity contribution is 6.14. The van der Waals surface area contributed by atoms with Crippen LogP contribution < -0.4 is 16.4 Å². The molecule has 2 aromatic carbocycles.